The number of fused-ring (bicyclic) bond motifs is 3. The SMILES string of the molecule is CC(Cl)c1ccc2c(c1F)NC(=O)N1CC3(CC3)N=C21. The summed E-state index contributed by atoms with van der Waals surface area (Å²) < 4.78 is 14.5. The molecule has 1 saturated carbocycles. The number of rotatable bonds is 1. The molecule has 104 valence electrons. The van der Waals surface area contributed by atoms with Crippen LogP contribution in [0, 0.1) is 5.82 Å². The number of aliphatic imine (C=N–C) groups is 1. The molecular formula is C14H13ClFN3O. The van der Waals surface area contributed by atoms with Crippen LogP contribution < -0.4 is 5.32 Å². The van der Waals surface area contributed by atoms with Gasteiger partial charge in [-0.25, -0.2) is 9.18 Å². The van der Waals surface area contributed by atoms with E-state index in [1.807, 2.05) is 0 Å². The van der Waals surface area contributed by atoms with Crippen molar-refractivity contribution in [2.24, 2.45) is 4.99 Å². The molecule has 1 unspecified atom stereocenters. The molecule has 2 heterocycles. The van der Waals surface area contributed by atoms with Gasteiger partial charge in [-0.05, 0) is 25.8 Å². The van der Waals surface area contributed by atoms with Gasteiger partial charge in [-0.1, -0.05) is 6.07 Å². The highest BCUT2D eigenvalue weighted by Crippen LogP contribution is 2.47. The van der Waals surface area contributed by atoms with E-state index in [4.69, 9.17) is 11.6 Å². The quantitative estimate of drug-likeness (QED) is 0.794. The predicted molar refractivity (Wildman–Crippen MR) is 74.9 cm³/mol. The number of anilines is 1. The highest BCUT2D eigenvalue weighted by atomic mass is 35.5. The fourth-order valence-electron chi connectivity index (χ4n) is 2.86. The van der Waals surface area contributed by atoms with Crippen molar-refractivity contribution in [3.8, 4) is 0 Å². The standard InChI is InChI=1S/C14H13ClFN3O/c1-7(15)8-2-3-9-11(10(8)16)17-13(20)19-6-14(4-5-14)18-12(9)19/h2-3,7H,4-6H2,1H3,(H,17,20). The van der Waals surface area contributed by atoms with Crippen molar-refractivity contribution in [1.29, 1.82) is 0 Å². The van der Waals surface area contributed by atoms with Crippen LogP contribution in [-0.4, -0.2) is 28.9 Å². The fourth-order valence-corrected chi connectivity index (χ4v) is 3.03. The van der Waals surface area contributed by atoms with Crippen LogP contribution in [0.5, 0.6) is 0 Å². The third kappa shape index (κ3) is 1.53. The number of carbonyl (C=O) groups is 1. The summed E-state index contributed by atoms with van der Waals surface area (Å²) in [7, 11) is 0. The molecule has 4 rings (SSSR count). The lowest BCUT2D eigenvalue weighted by molar-refractivity contribution is 0.233. The van der Waals surface area contributed by atoms with Gasteiger partial charge in [-0.15, -0.1) is 11.6 Å². The van der Waals surface area contributed by atoms with Crippen LogP contribution in [0.15, 0.2) is 17.1 Å². The molecule has 2 amide bonds. The van der Waals surface area contributed by atoms with Crippen LogP contribution in [0.4, 0.5) is 14.9 Å². The van der Waals surface area contributed by atoms with Crippen LogP contribution in [-0.2, 0) is 0 Å². The maximum atomic E-state index is 14.5. The number of hydrogen-bond donors (Lipinski definition) is 1. The smallest absolute Gasteiger partial charge is 0.304 e. The van der Waals surface area contributed by atoms with Crippen molar-refractivity contribution in [3.63, 3.8) is 0 Å². The minimum absolute atomic E-state index is 0.108. The van der Waals surface area contributed by atoms with E-state index >= 15 is 0 Å². The zero-order chi connectivity index (χ0) is 14.1. The summed E-state index contributed by atoms with van der Waals surface area (Å²) in [5, 5.41) is 2.18. The van der Waals surface area contributed by atoms with Gasteiger partial charge >= 0.3 is 6.03 Å². The average Bonchev–Trinajstić information content (AvgIpc) is 3.01. The maximum absolute atomic E-state index is 14.5. The van der Waals surface area contributed by atoms with Crippen LogP contribution in [0.3, 0.4) is 0 Å². The van der Waals surface area contributed by atoms with Gasteiger partial charge in [-0.2, -0.15) is 0 Å². The summed E-state index contributed by atoms with van der Waals surface area (Å²) in [4.78, 5) is 18.4. The third-order valence-corrected chi connectivity index (χ3v) is 4.43. The van der Waals surface area contributed by atoms with Crippen LogP contribution in [0.1, 0.15) is 36.3 Å². The summed E-state index contributed by atoms with van der Waals surface area (Å²) in [5.41, 5.74) is 1.13. The van der Waals surface area contributed by atoms with Gasteiger partial charge in [0.15, 0.2) is 5.82 Å². The maximum Gasteiger partial charge on any atom is 0.327 e. The summed E-state index contributed by atoms with van der Waals surface area (Å²) in [6.07, 6.45) is 1.99. The monoisotopic (exact) mass is 293 g/mol. The first-order valence-corrected chi connectivity index (χ1v) is 7.10. The first-order valence-electron chi connectivity index (χ1n) is 6.66. The van der Waals surface area contributed by atoms with Gasteiger partial charge in [0, 0.05) is 11.1 Å². The second-order valence-corrected chi connectivity index (χ2v) is 6.34. The summed E-state index contributed by atoms with van der Waals surface area (Å²) in [6.45, 7) is 2.30. The summed E-state index contributed by atoms with van der Waals surface area (Å²) in [5.74, 6) is 0.131. The van der Waals surface area contributed by atoms with Gasteiger partial charge in [0.2, 0.25) is 0 Å². The predicted octanol–water partition coefficient (Wildman–Crippen LogP) is 3.27. The molecular weight excluding hydrogens is 281 g/mol. The molecule has 1 aromatic rings. The molecule has 1 aromatic carbocycles. The molecule has 6 heteroatoms. The number of amidine groups is 1. The topological polar surface area (TPSA) is 44.7 Å². The van der Waals surface area contributed by atoms with E-state index in [0.29, 0.717) is 23.5 Å². The number of nitrogens with one attached hydrogen (secondary N) is 1. The molecule has 1 N–H and O–H groups in total. The lowest BCUT2D eigenvalue weighted by Gasteiger charge is -2.27. The molecule has 4 nitrogen and oxygen atoms in total. The second kappa shape index (κ2) is 3.73. The molecule has 1 atom stereocenters. The molecule has 0 saturated heterocycles. The first-order chi connectivity index (χ1) is 9.51. The summed E-state index contributed by atoms with van der Waals surface area (Å²) >= 11 is 5.96. The van der Waals surface area contributed by atoms with E-state index in [0.717, 1.165) is 12.8 Å². The Bertz CT molecular complexity index is 667. The van der Waals surface area contributed by atoms with Crippen molar-refractivity contribution in [2.75, 3.05) is 11.9 Å². The number of carbonyl (C=O) groups excluding carboxylic acids is 1. The lowest BCUT2D eigenvalue weighted by Crippen LogP contribution is -2.43. The van der Waals surface area contributed by atoms with E-state index in [1.165, 1.54) is 0 Å². The zero-order valence-electron chi connectivity index (χ0n) is 10.9. The Morgan fingerprint density at radius 3 is 2.90 bits per heavy atom. The fraction of sp³-hybridized carbons (Fsp3) is 0.429. The highest BCUT2D eigenvalue weighted by molar-refractivity contribution is 6.21. The minimum atomic E-state index is -0.461. The van der Waals surface area contributed by atoms with Crippen molar-refractivity contribution in [2.45, 2.75) is 30.7 Å². The van der Waals surface area contributed by atoms with Gasteiger partial charge in [0.1, 0.15) is 5.84 Å². The lowest BCUT2D eigenvalue weighted by atomic mass is 10.0. The minimum Gasteiger partial charge on any atom is -0.304 e. The van der Waals surface area contributed by atoms with Crippen LogP contribution in [0.25, 0.3) is 0 Å². The molecule has 1 aliphatic carbocycles. The van der Waals surface area contributed by atoms with Gasteiger partial charge < -0.3 is 5.32 Å². The van der Waals surface area contributed by atoms with Crippen molar-refractivity contribution in [3.05, 3.63) is 29.1 Å². The van der Waals surface area contributed by atoms with E-state index in [1.54, 1.807) is 24.0 Å². The highest BCUT2D eigenvalue weighted by Gasteiger charge is 2.52. The molecule has 0 bridgehead atoms. The Hall–Kier alpha value is -1.62. The average molecular weight is 294 g/mol. The Kier molecular flexibility index (Phi) is 2.26. The molecule has 3 aliphatic rings. The van der Waals surface area contributed by atoms with Gasteiger partial charge in [0.05, 0.1) is 23.1 Å². The Balaban J connectivity index is 1.89. The van der Waals surface area contributed by atoms with Crippen molar-refractivity contribution in [1.82, 2.24) is 4.90 Å². The third-order valence-electron chi connectivity index (χ3n) is 4.20. The number of benzene rings is 1. The zero-order valence-corrected chi connectivity index (χ0v) is 11.7. The molecule has 1 fully saturated rings. The Morgan fingerprint density at radius 2 is 2.25 bits per heavy atom. The number of hydrogen-bond acceptors (Lipinski definition) is 2. The Labute approximate surface area is 120 Å². The normalized spacial score (nSPS) is 23.1. The van der Waals surface area contributed by atoms with E-state index < -0.39 is 11.2 Å². The number of urea groups is 1. The van der Waals surface area contributed by atoms with Gasteiger partial charge in [-0.3, -0.25) is 9.89 Å². The van der Waals surface area contributed by atoms with E-state index in [2.05, 4.69) is 10.3 Å². The Morgan fingerprint density at radius 1 is 1.50 bits per heavy atom. The largest absolute Gasteiger partial charge is 0.327 e. The van der Waals surface area contributed by atoms with E-state index in [9.17, 15) is 9.18 Å². The number of nitrogens with zero attached hydrogens (tertiary/aromatic N) is 2. The number of amides is 2. The molecule has 1 spiro atoms. The van der Waals surface area contributed by atoms with Crippen molar-refractivity contribution >= 4 is 29.2 Å². The number of halogens is 2. The van der Waals surface area contributed by atoms with Crippen molar-refractivity contribution < 1.29 is 9.18 Å². The van der Waals surface area contributed by atoms with E-state index in [-0.39, 0.29) is 17.3 Å². The second-order valence-electron chi connectivity index (χ2n) is 5.68. The van der Waals surface area contributed by atoms with Crippen LogP contribution >= 0.6 is 11.6 Å². The van der Waals surface area contributed by atoms with Gasteiger partial charge in [0.25, 0.3) is 0 Å². The molecule has 0 radical (unpaired) electrons. The molecule has 0 aromatic heterocycles. The number of alkyl halides is 1. The van der Waals surface area contributed by atoms with Crippen LogP contribution in [0.2, 0.25) is 0 Å². The summed E-state index contributed by atoms with van der Waals surface area (Å²) in [6, 6.07) is 3.15. The molecule has 20 heavy (non-hydrogen) atoms. The molecule has 2 aliphatic heterocycles. The first kappa shape index (κ1) is 12.1.